The highest BCUT2D eigenvalue weighted by Crippen LogP contribution is 2.27. The molecule has 0 aliphatic carbocycles. The Balaban J connectivity index is 2.10. The van der Waals surface area contributed by atoms with Crippen LogP contribution in [0.2, 0.25) is 19.6 Å². The van der Waals surface area contributed by atoms with Crippen molar-refractivity contribution < 1.29 is 13.9 Å². The molecular weight excluding hydrogens is 327 g/mol. The molecule has 1 amide bonds. The number of rotatable bonds is 2. The van der Waals surface area contributed by atoms with E-state index in [2.05, 4.69) is 30.0 Å². The fourth-order valence-electron chi connectivity index (χ4n) is 3.01. The summed E-state index contributed by atoms with van der Waals surface area (Å²) in [6, 6.07) is -0.374. The summed E-state index contributed by atoms with van der Waals surface area (Å²) in [5, 5.41) is 9.53. The van der Waals surface area contributed by atoms with Crippen LogP contribution in [0.1, 0.15) is 38.9 Å². The van der Waals surface area contributed by atoms with Crippen LogP contribution in [0.3, 0.4) is 0 Å². The number of halogens is 1. The first-order valence-corrected chi connectivity index (χ1v) is 11.9. The molecule has 0 bridgehead atoms. The van der Waals surface area contributed by atoms with Crippen LogP contribution in [0.4, 0.5) is 9.18 Å². The van der Waals surface area contributed by atoms with E-state index in [-0.39, 0.29) is 12.6 Å². The highest BCUT2D eigenvalue weighted by atomic mass is 28.3. The highest BCUT2D eigenvalue weighted by Gasteiger charge is 2.37. The zero-order valence-electron chi connectivity index (χ0n) is 15.8. The van der Waals surface area contributed by atoms with Gasteiger partial charge in [-0.3, -0.25) is 0 Å². The zero-order valence-corrected chi connectivity index (χ0v) is 16.8. The van der Waals surface area contributed by atoms with E-state index in [0.29, 0.717) is 13.0 Å². The lowest BCUT2D eigenvalue weighted by molar-refractivity contribution is 0.00547. The van der Waals surface area contributed by atoms with Gasteiger partial charge in [-0.15, -0.1) is 5.10 Å². The fraction of sp³-hybridized carbons (Fsp3) is 0.812. The molecule has 0 aromatic carbocycles. The van der Waals surface area contributed by atoms with Gasteiger partial charge in [0, 0.05) is 6.54 Å². The molecule has 8 heteroatoms. The van der Waals surface area contributed by atoms with Gasteiger partial charge in [-0.05, 0) is 34.1 Å². The maximum absolute atomic E-state index is 14.7. The highest BCUT2D eigenvalue weighted by molar-refractivity contribution is 6.88. The van der Waals surface area contributed by atoms with Crippen LogP contribution in [-0.4, -0.2) is 58.9 Å². The number of likely N-dealkylation sites (tertiary alicyclic amines) is 1. The lowest BCUT2D eigenvalue weighted by Crippen LogP contribution is -2.48. The summed E-state index contributed by atoms with van der Waals surface area (Å²) in [5.74, 6) is 0. The summed E-state index contributed by atoms with van der Waals surface area (Å²) >= 11 is 0. The van der Waals surface area contributed by atoms with Crippen molar-refractivity contribution >= 4 is 19.5 Å². The first kappa shape index (κ1) is 18.9. The maximum Gasteiger partial charge on any atom is 0.410 e. The molecule has 24 heavy (non-hydrogen) atoms. The summed E-state index contributed by atoms with van der Waals surface area (Å²) in [6.07, 6.45) is -1.13. The van der Waals surface area contributed by atoms with Gasteiger partial charge >= 0.3 is 6.09 Å². The Morgan fingerprint density at radius 3 is 2.42 bits per heavy atom. The van der Waals surface area contributed by atoms with Crippen LogP contribution in [0.5, 0.6) is 0 Å². The number of hydrogen-bond donors (Lipinski definition) is 0. The molecule has 2 heterocycles. The van der Waals surface area contributed by atoms with Crippen LogP contribution < -0.4 is 5.32 Å². The van der Waals surface area contributed by atoms with E-state index in [4.69, 9.17) is 4.74 Å². The number of hydrogen-bond acceptors (Lipinski definition) is 4. The van der Waals surface area contributed by atoms with E-state index < -0.39 is 25.9 Å². The lowest BCUT2D eigenvalue weighted by Gasteiger charge is -2.35. The number of ether oxygens (including phenoxy) is 1. The van der Waals surface area contributed by atoms with Gasteiger partial charge in [0.15, 0.2) is 0 Å². The van der Waals surface area contributed by atoms with Crippen molar-refractivity contribution in [3.05, 3.63) is 5.69 Å². The second-order valence-electron chi connectivity index (χ2n) is 8.52. The predicted molar refractivity (Wildman–Crippen MR) is 94.1 cm³/mol. The van der Waals surface area contributed by atoms with Crippen molar-refractivity contribution in [1.82, 2.24) is 19.9 Å². The minimum Gasteiger partial charge on any atom is -0.444 e. The molecule has 0 spiro atoms. The lowest BCUT2D eigenvalue weighted by atomic mass is 10.0. The van der Waals surface area contributed by atoms with Crippen molar-refractivity contribution in [3.8, 4) is 0 Å². The van der Waals surface area contributed by atoms with E-state index >= 15 is 0 Å². The molecular formula is C16H29FN4O2Si. The molecule has 1 aliphatic rings. The molecule has 0 saturated carbocycles. The fourth-order valence-corrected chi connectivity index (χ4v) is 4.55. The number of aromatic nitrogens is 3. The molecule has 2 atom stereocenters. The van der Waals surface area contributed by atoms with Crippen molar-refractivity contribution in [2.75, 3.05) is 13.1 Å². The van der Waals surface area contributed by atoms with Gasteiger partial charge in [0.05, 0.1) is 23.6 Å². The van der Waals surface area contributed by atoms with E-state index in [1.165, 1.54) is 4.90 Å². The molecule has 1 aromatic heterocycles. The van der Waals surface area contributed by atoms with Gasteiger partial charge in [0.1, 0.15) is 19.8 Å². The number of amides is 1. The Bertz CT molecular complexity index is 606. The molecule has 1 aromatic rings. The van der Waals surface area contributed by atoms with Crippen LogP contribution in [0, 0.1) is 6.92 Å². The van der Waals surface area contributed by atoms with Gasteiger partial charge in [-0.25, -0.2) is 13.9 Å². The first-order valence-electron chi connectivity index (χ1n) is 8.44. The summed E-state index contributed by atoms with van der Waals surface area (Å²) in [4.78, 5) is 13.6. The van der Waals surface area contributed by atoms with E-state index in [9.17, 15) is 9.18 Å². The van der Waals surface area contributed by atoms with Crippen LogP contribution in [0.25, 0.3) is 0 Å². The minimum atomic E-state index is -1.60. The van der Waals surface area contributed by atoms with Crippen molar-refractivity contribution in [1.29, 1.82) is 0 Å². The molecule has 136 valence electrons. The SMILES string of the molecule is Cc1c([Si](C)(C)C)nnn1[C@@H]1CCN(C(=O)OC(C)(C)C)C[C@@H]1F. The first-order chi connectivity index (χ1) is 10.9. The van der Waals surface area contributed by atoms with Crippen molar-refractivity contribution in [3.63, 3.8) is 0 Å². The quantitative estimate of drug-likeness (QED) is 0.765. The van der Waals surface area contributed by atoms with E-state index in [1.807, 2.05) is 6.92 Å². The Kier molecular flexibility index (Phi) is 5.08. The Labute approximate surface area is 144 Å². The Morgan fingerprint density at radius 2 is 1.96 bits per heavy atom. The van der Waals surface area contributed by atoms with Crippen LogP contribution >= 0.6 is 0 Å². The monoisotopic (exact) mass is 356 g/mol. The predicted octanol–water partition coefficient (Wildman–Crippen LogP) is 2.65. The minimum absolute atomic E-state index is 0.0289. The topological polar surface area (TPSA) is 60.2 Å². The third-order valence-electron chi connectivity index (χ3n) is 4.11. The van der Waals surface area contributed by atoms with Gasteiger partial charge in [-0.2, -0.15) is 0 Å². The third kappa shape index (κ3) is 4.14. The summed E-state index contributed by atoms with van der Waals surface area (Å²) in [5.41, 5.74) is 0.376. The maximum atomic E-state index is 14.7. The number of nitrogens with zero attached hydrogens (tertiary/aromatic N) is 4. The average molecular weight is 357 g/mol. The summed E-state index contributed by atoms with van der Waals surface area (Å²) in [6.45, 7) is 14.5. The molecule has 0 unspecified atom stereocenters. The van der Waals surface area contributed by atoms with Gasteiger partial charge in [0.2, 0.25) is 0 Å². The number of piperidine rings is 1. The Morgan fingerprint density at radius 1 is 1.33 bits per heavy atom. The molecule has 1 fully saturated rings. The van der Waals surface area contributed by atoms with E-state index in [0.717, 1.165) is 11.0 Å². The molecule has 6 nitrogen and oxygen atoms in total. The summed E-state index contributed by atoms with van der Waals surface area (Å²) in [7, 11) is -1.60. The van der Waals surface area contributed by atoms with Crippen LogP contribution in [0.15, 0.2) is 0 Å². The molecule has 0 N–H and O–H groups in total. The normalized spacial score (nSPS) is 22.6. The third-order valence-corrected chi connectivity index (χ3v) is 5.99. The second-order valence-corrected chi connectivity index (χ2v) is 13.5. The van der Waals surface area contributed by atoms with Gasteiger partial charge in [-0.1, -0.05) is 24.9 Å². The van der Waals surface area contributed by atoms with E-state index in [1.54, 1.807) is 25.5 Å². The molecule has 2 rings (SSSR count). The standard InChI is InChI=1S/C16H29FN4O2Si/c1-11-14(24(5,6)7)18-19-21(11)13-8-9-20(10-12(13)17)15(22)23-16(2,3)4/h12-13H,8-10H2,1-7H3/t12-,13+/m0/s1. The smallest absolute Gasteiger partial charge is 0.410 e. The molecule has 1 aliphatic heterocycles. The Hall–Kier alpha value is -1.44. The summed E-state index contributed by atoms with van der Waals surface area (Å²) < 4.78 is 21.8. The van der Waals surface area contributed by atoms with Crippen molar-refractivity contribution in [2.45, 2.75) is 71.6 Å². The number of carbonyl (C=O) groups excluding carboxylic acids is 1. The van der Waals surface area contributed by atoms with Crippen molar-refractivity contribution in [2.24, 2.45) is 0 Å². The number of alkyl halides is 1. The largest absolute Gasteiger partial charge is 0.444 e. The van der Waals surface area contributed by atoms with Crippen LogP contribution in [-0.2, 0) is 4.74 Å². The van der Waals surface area contributed by atoms with Gasteiger partial charge in [0.25, 0.3) is 0 Å². The molecule has 1 saturated heterocycles. The second kappa shape index (κ2) is 6.46. The average Bonchev–Trinajstić information content (AvgIpc) is 2.78. The van der Waals surface area contributed by atoms with Gasteiger partial charge < -0.3 is 9.64 Å². The molecule has 0 radical (unpaired) electrons. The number of carbonyl (C=O) groups is 1. The zero-order chi connectivity index (χ0) is 18.3.